The van der Waals surface area contributed by atoms with Crippen LogP contribution in [0.25, 0.3) is 10.8 Å². The number of hydrogen-bond acceptors (Lipinski definition) is 12. The van der Waals surface area contributed by atoms with Gasteiger partial charge in [0.2, 0.25) is 5.88 Å². The van der Waals surface area contributed by atoms with Crippen LogP contribution in [0.3, 0.4) is 0 Å². The summed E-state index contributed by atoms with van der Waals surface area (Å²) in [4.78, 5) is 22.3. The molecule has 2 amide bonds. The first-order valence-electron chi connectivity index (χ1n) is 18.4. The maximum Gasteiger partial charge on any atom is 0.323 e. The zero-order valence-corrected chi connectivity index (χ0v) is 34.8. The largest absolute Gasteiger partial charge is 0.497 e. The van der Waals surface area contributed by atoms with Gasteiger partial charge in [-0.1, -0.05) is 45.0 Å². The van der Waals surface area contributed by atoms with Crippen LogP contribution < -0.4 is 40.2 Å². The fourth-order valence-electron chi connectivity index (χ4n) is 5.77. The lowest BCUT2D eigenvalue weighted by atomic mass is 9.86. The molecule has 0 bridgehead atoms. The highest BCUT2D eigenvalue weighted by Crippen LogP contribution is 2.44. The molecule has 0 radical (unpaired) electrons. The van der Waals surface area contributed by atoms with Crippen molar-refractivity contribution in [2.75, 3.05) is 90.3 Å². The van der Waals surface area contributed by atoms with E-state index in [0.29, 0.717) is 91.4 Å². The van der Waals surface area contributed by atoms with Crippen LogP contribution in [0.5, 0.6) is 28.9 Å². The average molecular weight is 801 g/mol. The molecule has 0 saturated heterocycles. The topological polar surface area (TPSA) is 167 Å². The lowest BCUT2D eigenvalue weighted by molar-refractivity contribution is 0.0179. The molecule has 15 heteroatoms. The molecule has 5 aromatic rings. The van der Waals surface area contributed by atoms with Gasteiger partial charge in [0.1, 0.15) is 36.0 Å². The zero-order chi connectivity index (χ0) is 41.0. The maximum atomic E-state index is 13.6. The van der Waals surface area contributed by atoms with Crippen molar-refractivity contribution in [1.82, 2.24) is 9.97 Å². The molecule has 14 nitrogen and oxygen atoms in total. The summed E-state index contributed by atoms with van der Waals surface area (Å²) in [6.45, 7) is 12.9. The van der Waals surface area contributed by atoms with Crippen molar-refractivity contribution in [3.8, 4) is 28.9 Å². The molecule has 0 atom stereocenters. The van der Waals surface area contributed by atoms with Crippen LogP contribution in [0.2, 0.25) is 0 Å². The number of methoxy groups -OCH3 is 3. The smallest absolute Gasteiger partial charge is 0.323 e. The number of carbonyl (C=O) groups excluding carboxylic acids is 1. The minimum Gasteiger partial charge on any atom is -0.497 e. The van der Waals surface area contributed by atoms with Crippen LogP contribution in [0, 0.1) is 5.16 Å². The summed E-state index contributed by atoms with van der Waals surface area (Å²) in [7, 11) is 2.53. The number of carbonyl (C=O) groups is 1. The van der Waals surface area contributed by atoms with Gasteiger partial charge in [-0.2, -0.15) is 0 Å². The summed E-state index contributed by atoms with van der Waals surface area (Å²) in [5.74, 6) is 3.02. The Morgan fingerprint density at radius 1 is 0.754 bits per heavy atom. The van der Waals surface area contributed by atoms with Crippen molar-refractivity contribution in [3.05, 3.63) is 84.7 Å². The first kappa shape index (κ1) is 42.7. The van der Waals surface area contributed by atoms with Crippen LogP contribution in [0.4, 0.5) is 27.7 Å². The van der Waals surface area contributed by atoms with Gasteiger partial charge >= 0.3 is 6.03 Å². The number of hydrogen-bond donors (Lipinski definition) is 4. The summed E-state index contributed by atoms with van der Waals surface area (Å²) >= 11 is 0. The van der Waals surface area contributed by atoms with Crippen LogP contribution >= 0.6 is 7.05 Å². The summed E-state index contributed by atoms with van der Waals surface area (Å²) < 4.78 is 39.4. The highest BCUT2D eigenvalue weighted by molar-refractivity contribution is 7.71. The Bertz CT molecular complexity index is 2190. The number of nitrogens with zero attached hydrogens (tertiary/aromatic N) is 2. The van der Waals surface area contributed by atoms with E-state index < -0.39 is 13.1 Å². The molecule has 1 aromatic heterocycles. The van der Waals surface area contributed by atoms with Gasteiger partial charge in [0.25, 0.3) is 0 Å². The van der Waals surface area contributed by atoms with Crippen LogP contribution in [-0.4, -0.2) is 90.3 Å². The first-order chi connectivity index (χ1) is 27.3. The van der Waals surface area contributed by atoms with Gasteiger partial charge < -0.3 is 54.3 Å². The number of urea groups is 1. The predicted octanol–water partition coefficient (Wildman–Crippen LogP) is 8.85. The van der Waals surface area contributed by atoms with E-state index in [9.17, 15) is 4.79 Å². The molecular weight excluding hydrogens is 747 g/mol. The lowest BCUT2D eigenvalue weighted by Crippen LogP contribution is -2.23. The first-order valence-corrected chi connectivity index (χ1v) is 21.1. The number of benzene rings is 4. The van der Waals surface area contributed by atoms with Crippen molar-refractivity contribution in [1.29, 1.82) is 5.16 Å². The van der Waals surface area contributed by atoms with Crippen LogP contribution in [0.15, 0.2) is 79.1 Å². The van der Waals surface area contributed by atoms with Crippen LogP contribution in [-0.2, 0) is 19.6 Å². The molecule has 57 heavy (non-hydrogen) atoms. The highest BCUT2D eigenvalue weighted by atomic mass is 31.2. The van der Waals surface area contributed by atoms with Gasteiger partial charge in [-0.25, -0.2) is 14.8 Å². The summed E-state index contributed by atoms with van der Waals surface area (Å²) in [6, 6.07) is 21.8. The second kappa shape index (κ2) is 19.6. The Hall–Kier alpha value is -5.40. The molecule has 0 spiro atoms. The molecule has 0 saturated carbocycles. The number of aromatic nitrogens is 2. The van der Waals surface area contributed by atoms with Crippen molar-refractivity contribution in [2.24, 2.45) is 0 Å². The second-order valence-electron chi connectivity index (χ2n) is 14.4. The number of amides is 2. The van der Waals surface area contributed by atoms with E-state index in [-0.39, 0.29) is 5.41 Å². The Kier molecular flexibility index (Phi) is 14.7. The van der Waals surface area contributed by atoms with E-state index in [2.05, 4.69) is 46.7 Å². The molecule has 0 unspecified atom stereocenters. The third-order valence-electron chi connectivity index (χ3n) is 8.67. The third kappa shape index (κ3) is 12.0. The van der Waals surface area contributed by atoms with Crippen molar-refractivity contribution < 1.29 is 38.0 Å². The van der Waals surface area contributed by atoms with Gasteiger partial charge in [-0.15, -0.1) is 0 Å². The molecular formula is C42H53N6O8P. The predicted molar refractivity (Wildman–Crippen MR) is 227 cm³/mol. The monoisotopic (exact) mass is 800 g/mol. The molecule has 5 rings (SSSR count). The van der Waals surface area contributed by atoms with E-state index in [4.69, 9.17) is 38.3 Å². The lowest BCUT2D eigenvalue weighted by Gasteiger charge is -2.26. The number of nitrogens with one attached hydrogen (secondary N) is 4. The Labute approximate surface area is 334 Å². The number of fused-ring (bicyclic) bond motifs is 1. The van der Waals surface area contributed by atoms with Gasteiger partial charge in [-0.05, 0) is 55.6 Å². The Balaban J connectivity index is 1.28. The van der Waals surface area contributed by atoms with Crippen molar-refractivity contribution in [2.45, 2.75) is 26.2 Å². The molecule has 0 fully saturated rings. The quantitative estimate of drug-likeness (QED) is 0.0465. The van der Waals surface area contributed by atoms with E-state index in [1.165, 1.54) is 6.33 Å². The summed E-state index contributed by atoms with van der Waals surface area (Å²) in [5.41, 5.74) is 2.56. The van der Waals surface area contributed by atoms with E-state index in [1.54, 1.807) is 45.6 Å². The zero-order valence-electron chi connectivity index (χ0n) is 33.9. The minimum absolute atomic E-state index is 0.208. The number of ether oxygens (including phenoxy) is 7. The number of rotatable bonds is 19. The number of anilines is 4. The molecule has 4 N–H and O–H groups in total. The average Bonchev–Trinajstić information content (AvgIpc) is 3.17. The fraction of sp³-hybridized carbons (Fsp3) is 0.357. The molecule has 4 aromatic carbocycles. The Morgan fingerprint density at radius 2 is 1.44 bits per heavy atom. The van der Waals surface area contributed by atoms with E-state index in [1.807, 2.05) is 61.9 Å². The highest BCUT2D eigenvalue weighted by Gasteiger charge is 2.24. The van der Waals surface area contributed by atoms with Crippen LogP contribution in [0.1, 0.15) is 26.3 Å². The molecule has 1 heterocycles. The van der Waals surface area contributed by atoms with Gasteiger partial charge in [0.15, 0.2) is 5.75 Å². The van der Waals surface area contributed by atoms with Crippen molar-refractivity contribution >= 4 is 52.0 Å². The summed E-state index contributed by atoms with van der Waals surface area (Å²) in [6.07, 6.45) is 1.41. The van der Waals surface area contributed by atoms with Gasteiger partial charge in [0, 0.05) is 53.1 Å². The van der Waals surface area contributed by atoms with E-state index >= 15 is 0 Å². The molecule has 0 aliphatic rings. The molecule has 0 aliphatic carbocycles. The van der Waals surface area contributed by atoms with Gasteiger partial charge in [0.05, 0.1) is 58.6 Å². The molecule has 0 aliphatic heterocycles. The Morgan fingerprint density at radius 3 is 2.12 bits per heavy atom. The van der Waals surface area contributed by atoms with Gasteiger partial charge in [-0.3, -0.25) is 0 Å². The third-order valence-corrected chi connectivity index (χ3v) is 10.2. The SMILES string of the molecule is COCCOCCOCCOc1cc(Nc2cc(Oc3ccc(NC(=O)Nc4cc(C(C)(C)C)cc(P(C)(C)=N)c4OC)c4ccccc34)ncn2)cc(OC)c1. The standard InChI is InChI=1S/C42H53N6O8P/c1-42(2,3)28-21-35(40(52-6)37(22-28)57(7,8)43)48-41(49)47-34-13-14-36(33-12-10-9-11-32(33)34)56-39-26-38(44-27-45-39)46-29-23-30(51-5)25-31(24-29)55-20-19-54-18-17-53-16-15-50-4/h9-14,21-27,43H,15-20H2,1-8H3,(H,44,45,46)(H2,47,48,49). The van der Waals surface area contributed by atoms with E-state index in [0.717, 1.165) is 21.6 Å². The summed E-state index contributed by atoms with van der Waals surface area (Å²) in [5, 5.41) is 20.4. The second-order valence-corrected chi connectivity index (χ2v) is 17.8. The molecule has 304 valence electrons. The van der Waals surface area contributed by atoms with Crippen molar-refractivity contribution in [3.63, 3.8) is 0 Å². The normalized spacial score (nSPS) is 11.6. The minimum atomic E-state index is -2.25. The fourth-order valence-corrected chi connectivity index (χ4v) is 6.95. The maximum absolute atomic E-state index is 13.6.